The van der Waals surface area contributed by atoms with Gasteiger partial charge in [0, 0.05) is 19.0 Å². The van der Waals surface area contributed by atoms with E-state index < -0.39 is 0 Å². The first-order valence-corrected chi connectivity index (χ1v) is 8.94. The van der Waals surface area contributed by atoms with Gasteiger partial charge in [0.15, 0.2) is 0 Å². The molecule has 2 aromatic carbocycles. The summed E-state index contributed by atoms with van der Waals surface area (Å²) in [5, 5.41) is 5.74. The minimum Gasteiger partial charge on any atom is -0.335 e. The largest absolute Gasteiger partial charge is 0.335 e. The fourth-order valence-corrected chi connectivity index (χ4v) is 3.84. The van der Waals surface area contributed by atoms with E-state index in [1.807, 2.05) is 41.3 Å². The monoisotopic (exact) mass is 347 g/mol. The van der Waals surface area contributed by atoms with Crippen LogP contribution >= 0.6 is 0 Å². The van der Waals surface area contributed by atoms with Crippen LogP contribution in [0.5, 0.6) is 0 Å². The second kappa shape index (κ2) is 6.75. The number of rotatable bonds is 3. The molecule has 0 bridgehead atoms. The summed E-state index contributed by atoms with van der Waals surface area (Å²) in [6.45, 7) is 0.766. The Morgan fingerprint density at radius 1 is 1.08 bits per heavy atom. The number of amides is 1. The SMILES string of the molecule is Cn1nc(CC(=O)N2CCCC2c2ccccc2)c2ccccc2c1=O. The molecule has 0 aliphatic carbocycles. The summed E-state index contributed by atoms with van der Waals surface area (Å²) in [7, 11) is 1.63. The normalized spacial score (nSPS) is 17.0. The van der Waals surface area contributed by atoms with E-state index in [4.69, 9.17) is 0 Å². The zero-order chi connectivity index (χ0) is 18.1. The molecule has 1 aliphatic heterocycles. The van der Waals surface area contributed by atoms with Crippen molar-refractivity contribution in [1.82, 2.24) is 14.7 Å². The lowest BCUT2D eigenvalue weighted by Crippen LogP contribution is -2.33. The standard InChI is InChI=1S/C21H21N3O2/c1-23-21(26)17-11-6-5-10-16(17)18(22-23)14-20(25)24-13-7-12-19(24)15-8-3-2-4-9-15/h2-6,8-11,19H,7,12-14H2,1H3. The van der Waals surface area contributed by atoms with Crippen molar-refractivity contribution in [3.63, 3.8) is 0 Å². The number of carbonyl (C=O) groups is 1. The topological polar surface area (TPSA) is 55.2 Å². The van der Waals surface area contributed by atoms with Crippen LogP contribution in [0.3, 0.4) is 0 Å². The van der Waals surface area contributed by atoms with Gasteiger partial charge in [-0.2, -0.15) is 5.10 Å². The fraction of sp³-hybridized carbons (Fsp3) is 0.286. The van der Waals surface area contributed by atoms with Crippen molar-refractivity contribution in [1.29, 1.82) is 0 Å². The molecule has 26 heavy (non-hydrogen) atoms. The van der Waals surface area contributed by atoms with Crippen LogP contribution in [-0.2, 0) is 18.3 Å². The average Bonchev–Trinajstić information content (AvgIpc) is 3.16. The molecule has 3 aromatic rings. The van der Waals surface area contributed by atoms with Gasteiger partial charge in [-0.15, -0.1) is 0 Å². The lowest BCUT2D eigenvalue weighted by Gasteiger charge is -2.25. The number of likely N-dealkylation sites (tertiary alicyclic amines) is 1. The lowest BCUT2D eigenvalue weighted by molar-refractivity contribution is -0.131. The van der Waals surface area contributed by atoms with Crippen molar-refractivity contribution >= 4 is 16.7 Å². The maximum Gasteiger partial charge on any atom is 0.274 e. The molecule has 132 valence electrons. The van der Waals surface area contributed by atoms with Crippen LogP contribution in [0.1, 0.15) is 30.1 Å². The van der Waals surface area contributed by atoms with E-state index in [1.165, 1.54) is 10.2 Å². The first-order chi connectivity index (χ1) is 12.6. The van der Waals surface area contributed by atoms with Gasteiger partial charge >= 0.3 is 0 Å². The zero-order valence-electron chi connectivity index (χ0n) is 14.8. The molecule has 1 saturated heterocycles. The van der Waals surface area contributed by atoms with Crippen LogP contribution in [0.15, 0.2) is 59.4 Å². The van der Waals surface area contributed by atoms with Gasteiger partial charge in [-0.05, 0) is 24.5 Å². The van der Waals surface area contributed by atoms with Crippen LogP contribution in [0.25, 0.3) is 10.8 Å². The summed E-state index contributed by atoms with van der Waals surface area (Å²) in [6, 6.07) is 17.7. The van der Waals surface area contributed by atoms with Crippen LogP contribution in [-0.4, -0.2) is 27.1 Å². The fourth-order valence-electron chi connectivity index (χ4n) is 3.84. The molecule has 0 spiro atoms. The van der Waals surface area contributed by atoms with Gasteiger partial charge in [-0.25, -0.2) is 4.68 Å². The van der Waals surface area contributed by atoms with Crippen molar-refractivity contribution in [2.45, 2.75) is 25.3 Å². The molecule has 0 saturated carbocycles. The third-order valence-corrected chi connectivity index (χ3v) is 5.11. The minimum absolute atomic E-state index is 0.0626. The second-order valence-corrected chi connectivity index (χ2v) is 6.75. The zero-order valence-corrected chi connectivity index (χ0v) is 14.8. The van der Waals surface area contributed by atoms with Gasteiger partial charge in [-0.1, -0.05) is 48.5 Å². The van der Waals surface area contributed by atoms with Gasteiger partial charge in [-0.3, -0.25) is 9.59 Å². The van der Waals surface area contributed by atoms with Crippen LogP contribution < -0.4 is 5.56 Å². The highest BCUT2D eigenvalue weighted by Crippen LogP contribution is 2.32. The van der Waals surface area contributed by atoms with Gasteiger partial charge < -0.3 is 4.90 Å². The molecule has 1 atom stereocenters. The van der Waals surface area contributed by atoms with E-state index in [-0.39, 0.29) is 23.9 Å². The number of aromatic nitrogens is 2. The van der Waals surface area contributed by atoms with Gasteiger partial charge in [0.1, 0.15) is 0 Å². The number of fused-ring (bicyclic) bond motifs is 1. The first kappa shape index (κ1) is 16.5. The Morgan fingerprint density at radius 3 is 2.54 bits per heavy atom. The Kier molecular flexibility index (Phi) is 4.29. The summed E-state index contributed by atoms with van der Waals surface area (Å²) >= 11 is 0. The van der Waals surface area contributed by atoms with Gasteiger partial charge in [0.2, 0.25) is 5.91 Å². The van der Waals surface area contributed by atoms with E-state index in [9.17, 15) is 9.59 Å². The smallest absolute Gasteiger partial charge is 0.274 e. The molecule has 1 aromatic heterocycles. The van der Waals surface area contributed by atoms with Crippen LogP contribution in [0, 0.1) is 0 Å². The van der Waals surface area contributed by atoms with Crippen molar-refractivity contribution < 1.29 is 4.79 Å². The Morgan fingerprint density at radius 2 is 1.77 bits per heavy atom. The number of hydrogen-bond donors (Lipinski definition) is 0. The Hall–Kier alpha value is -2.95. The van der Waals surface area contributed by atoms with E-state index in [0.29, 0.717) is 11.1 Å². The second-order valence-electron chi connectivity index (χ2n) is 6.75. The quantitative estimate of drug-likeness (QED) is 0.732. The Balaban J connectivity index is 1.66. The van der Waals surface area contributed by atoms with E-state index >= 15 is 0 Å². The molecule has 4 rings (SSSR count). The third-order valence-electron chi connectivity index (χ3n) is 5.11. The summed E-state index contributed by atoms with van der Waals surface area (Å²) < 4.78 is 1.32. The minimum atomic E-state index is -0.139. The highest BCUT2D eigenvalue weighted by atomic mass is 16.2. The van der Waals surface area contributed by atoms with Crippen molar-refractivity contribution in [2.24, 2.45) is 7.05 Å². The number of carbonyl (C=O) groups excluding carboxylic acids is 1. The van der Waals surface area contributed by atoms with Crippen molar-refractivity contribution in [2.75, 3.05) is 6.54 Å². The predicted octanol–water partition coefficient (Wildman–Crippen LogP) is 2.84. The lowest BCUT2D eigenvalue weighted by atomic mass is 10.0. The van der Waals surface area contributed by atoms with E-state index in [0.717, 1.165) is 24.8 Å². The number of hydrogen-bond acceptors (Lipinski definition) is 3. The van der Waals surface area contributed by atoms with Gasteiger partial charge in [0.05, 0.1) is 23.5 Å². The van der Waals surface area contributed by atoms with Crippen LogP contribution in [0.4, 0.5) is 0 Å². The van der Waals surface area contributed by atoms with E-state index in [2.05, 4.69) is 17.2 Å². The average molecular weight is 347 g/mol. The molecule has 2 heterocycles. The molecule has 1 fully saturated rings. The maximum atomic E-state index is 13.0. The van der Waals surface area contributed by atoms with Crippen molar-refractivity contribution in [3.05, 3.63) is 76.2 Å². The molecular weight excluding hydrogens is 326 g/mol. The molecule has 5 nitrogen and oxygen atoms in total. The van der Waals surface area contributed by atoms with Gasteiger partial charge in [0.25, 0.3) is 5.56 Å². The summed E-state index contributed by atoms with van der Waals surface area (Å²) in [5.41, 5.74) is 1.70. The molecule has 1 unspecified atom stereocenters. The molecule has 0 N–H and O–H groups in total. The van der Waals surface area contributed by atoms with Crippen molar-refractivity contribution in [3.8, 4) is 0 Å². The molecule has 0 radical (unpaired) electrons. The first-order valence-electron chi connectivity index (χ1n) is 8.94. The number of benzene rings is 2. The number of nitrogens with zero attached hydrogens (tertiary/aromatic N) is 3. The summed E-state index contributed by atoms with van der Waals surface area (Å²) in [5.74, 6) is 0.0626. The predicted molar refractivity (Wildman–Crippen MR) is 101 cm³/mol. The maximum absolute atomic E-state index is 13.0. The Labute approximate surface area is 151 Å². The molecule has 5 heteroatoms. The van der Waals surface area contributed by atoms with E-state index in [1.54, 1.807) is 13.1 Å². The molecular formula is C21H21N3O2. The van der Waals surface area contributed by atoms with Crippen LogP contribution in [0.2, 0.25) is 0 Å². The summed E-state index contributed by atoms with van der Waals surface area (Å²) in [6.07, 6.45) is 2.20. The highest BCUT2D eigenvalue weighted by molar-refractivity contribution is 5.88. The molecule has 1 amide bonds. The number of aryl methyl sites for hydroxylation is 1. The Bertz CT molecular complexity index is 1010. The summed E-state index contributed by atoms with van der Waals surface area (Å²) in [4.78, 5) is 27.3. The molecule has 1 aliphatic rings. The highest BCUT2D eigenvalue weighted by Gasteiger charge is 2.30. The third kappa shape index (κ3) is 2.90.